The van der Waals surface area contributed by atoms with E-state index in [1.807, 2.05) is 0 Å². The Morgan fingerprint density at radius 2 is 1.78 bits per heavy atom. The summed E-state index contributed by atoms with van der Waals surface area (Å²) in [6, 6.07) is 0. The fourth-order valence-corrected chi connectivity index (χ4v) is 0.287. The molecule has 0 radical (unpaired) electrons. The van der Waals surface area contributed by atoms with Crippen molar-refractivity contribution in [1.29, 1.82) is 0 Å². The highest BCUT2D eigenvalue weighted by Gasteiger charge is 2.24. The first-order valence-electron chi connectivity index (χ1n) is 4.70. The van der Waals surface area contributed by atoms with E-state index in [0.717, 1.165) is 0 Å². The summed E-state index contributed by atoms with van der Waals surface area (Å²) in [7, 11) is 0. The van der Waals surface area contributed by atoms with E-state index in [2.05, 4.69) is 0 Å². The maximum Gasteiger partial charge on any atom is 0.0531 e. The Balaban J connectivity index is 4.91. The molecular weight excluding hydrogens is 120 g/mol. The first kappa shape index (κ1) is 3.91. The van der Waals surface area contributed by atoms with Gasteiger partial charge in [-0.05, 0) is 6.37 Å². The first-order valence-corrected chi connectivity index (χ1v) is 2.55. The van der Waals surface area contributed by atoms with Crippen LogP contribution in [0.4, 0.5) is 0 Å². The molecule has 56 valence electrons. The third kappa shape index (κ3) is 1.93. The van der Waals surface area contributed by atoms with Crippen LogP contribution >= 0.6 is 0 Å². The molecule has 3 heteroatoms. The summed E-state index contributed by atoms with van der Waals surface area (Å²) in [6.07, 6.45) is -2.45. The van der Waals surface area contributed by atoms with Gasteiger partial charge in [-0.25, -0.2) is 0 Å². The summed E-state index contributed by atoms with van der Waals surface area (Å²) in [5.74, 6) is 0. The molecule has 0 atom stereocenters. The third-order valence-electron chi connectivity index (χ3n) is 1.21. The molecule has 0 aliphatic carbocycles. The van der Waals surface area contributed by atoms with E-state index < -0.39 is 38.5 Å². The second kappa shape index (κ2) is 3.82. The number of aliphatic hydroxyl groups excluding tert-OH is 3. The minimum absolute atomic E-state index is 0.804. The van der Waals surface area contributed by atoms with Crippen molar-refractivity contribution in [2.75, 3.05) is 19.8 Å². The average molecular weight is 138 g/mol. The van der Waals surface area contributed by atoms with Gasteiger partial charge in [-0.15, -0.1) is 0 Å². The number of hydrogen-bond acceptors (Lipinski definition) is 3. The zero-order valence-electron chi connectivity index (χ0n) is 9.04. The van der Waals surface area contributed by atoms with Gasteiger partial charge in [0.1, 0.15) is 0 Å². The van der Waals surface area contributed by atoms with Gasteiger partial charge in [0.25, 0.3) is 0 Å². The third-order valence-corrected chi connectivity index (χ3v) is 1.21. The molecule has 0 aromatic rings. The van der Waals surface area contributed by atoms with E-state index >= 15 is 0 Å². The van der Waals surface area contributed by atoms with Crippen molar-refractivity contribution in [2.24, 2.45) is 5.41 Å². The smallest absolute Gasteiger partial charge is 0.0531 e. The molecule has 3 N–H and O–H groups in total. The summed E-state index contributed by atoms with van der Waals surface area (Å²) in [5, 5.41) is 26.5. The second-order valence-electron chi connectivity index (χ2n) is 1.90. The topological polar surface area (TPSA) is 60.7 Å². The van der Waals surface area contributed by atoms with Gasteiger partial charge in [-0.3, -0.25) is 0 Å². The highest BCUT2D eigenvalue weighted by Crippen LogP contribution is 2.18. The van der Waals surface area contributed by atoms with Gasteiger partial charge in [-0.2, -0.15) is 0 Å². The molecule has 0 fully saturated rings. The molecule has 0 spiro atoms. The lowest BCUT2D eigenvalue weighted by molar-refractivity contribution is 0.00304. The highest BCUT2D eigenvalue weighted by molar-refractivity contribution is 4.74. The number of aliphatic hydroxyl groups is 3. The van der Waals surface area contributed by atoms with Crippen LogP contribution in [0.3, 0.4) is 0 Å². The normalized spacial score (nSPS) is 20.4. The van der Waals surface area contributed by atoms with Crippen LogP contribution in [0.25, 0.3) is 0 Å². The molecule has 0 heterocycles. The largest absolute Gasteiger partial charge is 0.396 e. The van der Waals surface area contributed by atoms with Crippen LogP contribution in [0.1, 0.15) is 18.7 Å². The van der Waals surface area contributed by atoms with Crippen molar-refractivity contribution >= 4 is 0 Å². The molecule has 0 unspecified atom stereocenters. The maximum atomic E-state index is 8.83. The molecule has 0 saturated carbocycles. The SMILES string of the molecule is [2H]C([2H])C([2H])([2H])C(CO)(CO)CO. The van der Waals surface area contributed by atoms with Gasteiger partial charge in [-0.1, -0.05) is 6.88 Å². The van der Waals surface area contributed by atoms with Crippen LogP contribution in [0.2, 0.25) is 0 Å². The van der Waals surface area contributed by atoms with Gasteiger partial charge >= 0.3 is 0 Å². The average Bonchev–Trinajstić information content (AvgIpc) is 2.08. The van der Waals surface area contributed by atoms with Crippen LogP contribution in [0, 0.1) is 5.41 Å². The molecule has 3 nitrogen and oxygen atoms in total. The van der Waals surface area contributed by atoms with Crippen LogP contribution < -0.4 is 0 Å². The van der Waals surface area contributed by atoms with E-state index in [4.69, 9.17) is 20.8 Å². The van der Waals surface area contributed by atoms with Gasteiger partial charge in [0.2, 0.25) is 0 Å². The Morgan fingerprint density at radius 3 is 1.89 bits per heavy atom. The second-order valence-corrected chi connectivity index (χ2v) is 1.90. The highest BCUT2D eigenvalue weighted by atomic mass is 16.3. The molecular formula is C6H14O3. The zero-order chi connectivity index (χ0) is 10.7. The van der Waals surface area contributed by atoms with Gasteiger partial charge in [0.05, 0.1) is 19.8 Å². The Bertz CT molecular complexity index is 150. The predicted octanol–water partition coefficient (Wildman–Crippen LogP) is -0.640. The van der Waals surface area contributed by atoms with Crippen LogP contribution in [-0.2, 0) is 0 Å². The lowest BCUT2D eigenvalue weighted by Crippen LogP contribution is -2.32. The minimum Gasteiger partial charge on any atom is -0.396 e. The number of rotatable bonds is 4. The first-order chi connectivity index (χ1) is 5.88. The Kier molecular flexibility index (Phi) is 1.66. The number of hydrogen-bond donors (Lipinski definition) is 3. The summed E-state index contributed by atoms with van der Waals surface area (Å²) in [4.78, 5) is 0. The Hall–Kier alpha value is -0.120. The zero-order valence-corrected chi connectivity index (χ0v) is 5.04. The van der Waals surface area contributed by atoms with E-state index in [0.29, 0.717) is 0 Å². The molecule has 0 aromatic carbocycles. The van der Waals surface area contributed by atoms with Crippen molar-refractivity contribution < 1.29 is 20.8 Å². The van der Waals surface area contributed by atoms with E-state index in [9.17, 15) is 0 Å². The molecule has 0 saturated heterocycles. The van der Waals surface area contributed by atoms with E-state index in [1.54, 1.807) is 0 Å². The van der Waals surface area contributed by atoms with Crippen molar-refractivity contribution in [3.8, 4) is 0 Å². The van der Waals surface area contributed by atoms with Gasteiger partial charge in [0, 0.05) is 10.9 Å². The molecule has 0 amide bonds. The fourth-order valence-electron chi connectivity index (χ4n) is 0.287. The summed E-state index contributed by atoms with van der Waals surface area (Å²) < 4.78 is 28.4. The lowest BCUT2D eigenvalue weighted by Gasteiger charge is -2.24. The predicted molar refractivity (Wildman–Crippen MR) is 34.0 cm³/mol. The Morgan fingerprint density at radius 1 is 1.33 bits per heavy atom. The summed E-state index contributed by atoms with van der Waals surface area (Å²) in [6.45, 7) is -4.29. The fraction of sp³-hybridized carbons (Fsp3) is 1.00. The molecule has 0 aliphatic rings. The van der Waals surface area contributed by atoms with E-state index in [1.165, 1.54) is 0 Å². The standard InChI is InChI=1S/C6H14O3/c1-2-6(3-7,4-8)5-9/h7-9H,2-5H2,1H3/i1D2,2D2. The van der Waals surface area contributed by atoms with Gasteiger partial charge in [0.15, 0.2) is 0 Å². The van der Waals surface area contributed by atoms with Crippen LogP contribution in [-0.4, -0.2) is 35.1 Å². The Labute approximate surface area is 60.6 Å². The van der Waals surface area contributed by atoms with Crippen molar-refractivity contribution in [1.82, 2.24) is 0 Å². The van der Waals surface area contributed by atoms with Crippen LogP contribution in [0.15, 0.2) is 0 Å². The summed E-state index contributed by atoms with van der Waals surface area (Å²) >= 11 is 0. The van der Waals surface area contributed by atoms with Crippen molar-refractivity contribution in [2.45, 2.75) is 13.2 Å². The minimum atomic E-state index is -2.45. The van der Waals surface area contributed by atoms with E-state index in [-0.39, 0.29) is 0 Å². The summed E-state index contributed by atoms with van der Waals surface area (Å²) in [5.41, 5.74) is -1.83. The van der Waals surface area contributed by atoms with Crippen molar-refractivity contribution in [3.63, 3.8) is 0 Å². The molecule has 0 aromatic heterocycles. The van der Waals surface area contributed by atoms with Gasteiger partial charge < -0.3 is 15.3 Å². The molecule has 0 aliphatic heterocycles. The molecule has 9 heavy (non-hydrogen) atoms. The van der Waals surface area contributed by atoms with Crippen LogP contribution in [0.5, 0.6) is 0 Å². The monoisotopic (exact) mass is 138 g/mol. The maximum absolute atomic E-state index is 8.83. The molecule has 0 rings (SSSR count). The quantitative estimate of drug-likeness (QED) is 0.484. The lowest BCUT2D eigenvalue weighted by atomic mass is 9.88. The van der Waals surface area contributed by atoms with Crippen molar-refractivity contribution in [3.05, 3.63) is 0 Å². The molecule has 0 bridgehead atoms.